The number of aliphatic hydroxyl groups excluding tert-OH is 1. The highest BCUT2D eigenvalue weighted by Gasteiger charge is 2.64. The minimum atomic E-state index is -6.04. The molecule has 0 aromatic heterocycles. The second-order valence-corrected chi connectivity index (χ2v) is 27.4. The van der Waals surface area contributed by atoms with E-state index in [4.69, 9.17) is 12.3 Å². The molecule has 19 heteroatoms. The number of ether oxygens (including phenoxy) is 2. The molecule has 0 saturated carbocycles. The zero-order valence-corrected chi connectivity index (χ0v) is 27.3. The monoisotopic (exact) mass is 658 g/mol. The Morgan fingerprint density at radius 3 is 1.74 bits per heavy atom. The Hall–Kier alpha value is -0.262. The van der Waals surface area contributed by atoms with E-state index in [1.54, 1.807) is 6.55 Å². The summed E-state index contributed by atoms with van der Waals surface area (Å²) >= 11 is 0. The third-order valence-corrected chi connectivity index (χ3v) is 19.6. The first kappa shape index (κ1) is 38.7. The Morgan fingerprint density at radius 2 is 1.28 bits per heavy atom. The molecule has 0 aromatic carbocycles. The van der Waals surface area contributed by atoms with Crippen LogP contribution in [0.3, 0.4) is 0 Å². The van der Waals surface area contributed by atoms with E-state index < -0.39 is 77.0 Å². The van der Waals surface area contributed by atoms with Crippen molar-refractivity contribution >= 4 is 33.8 Å². The molecule has 0 radical (unpaired) electrons. The Morgan fingerprint density at radius 1 is 0.744 bits per heavy atom. The maximum atomic E-state index is 13.9. The first-order valence-corrected chi connectivity index (χ1v) is 23.9. The van der Waals surface area contributed by atoms with Gasteiger partial charge < -0.3 is 22.2 Å². The van der Waals surface area contributed by atoms with Crippen LogP contribution in [0, 0.1) is 0 Å². The van der Waals surface area contributed by atoms with Gasteiger partial charge in [-0.25, -0.2) is 4.74 Å². The fraction of sp³-hybridized carbons (Fsp3) is 0.900. The van der Waals surface area contributed by atoms with Crippen LogP contribution in [-0.2, 0) is 21.8 Å². The highest BCUT2D eigenvalue weighted by molar-refractivity contribution is 6.89. The third kappa shape index (κ3) is 14.5. The maximum Gasteiger partial charge on any atom is 0.426 e. The van der Waals surface area contributed by atoms with Gasteiger partial charge in [-0.2, -0.15) is 39.5 Å². The predicted octanol–water partition coefficient (Wildman–Crippen LogP) is 7.55. The van der Waals surface area contributed by atoms with Crippen molar-refractivity contribution in [1.82, 2.24) is 0 Å². The lowest BCUT2D eigenvalue weighted by Gasteiger charge is -2.42. The van der Waals surface area contributed by atoms with Crippen molar-refractivity contribution in [2.45, 2.75) is 95.4 Å². The molecule has 0 aliphatic heterocycles. The summed E-state index contributed by atoms with van der Waals surface area (Å²) < 4.78 is 144. The van der Waals surface area contributed by atoms with Crippen LogP contribution in [-0.4, -0.2) is 76.8 Å². The van der Waals surface area contributed by atoms with Gasteiger partial charge in [0.2, 0.25) is 0 Å². The minimum absolute atomic E-state index is 0.00622. The van der Waals surface area contributed by atoms with Crippen LogP contribution in [0.15, 0.2) is 11.9 Å². The number of rotatable bonds is 19. The summed E-state index contributed by atoms with van der Waals surface area (Å²) in [6.45, 7) is 12.5. The van der Waals surface area contributed by atoms with E-state index in [1.165, 1.54) is 0 Å². The van der Waals surface area contributed by atoms with Crippen molar-refractivity contribution in [3.63, 3.8) is 0 Å². The molecule has 1 unspecified atom stereocenters. The van der Waals surface area contributed by atoms with Gasteiger partial charge in [0, 0.05) is 13.2 Å². The summed E-state index contributed by atoms with van der Waals surface area (Å²) in [4.78, 5) is 0. The normalized spacial score (nSPS) is 15.8. The van der Waals surface area contributed by atoms with Crippen molar-refractivity contribution in [3.05, 3.63) is 11.9 Å². The van der Waals surface area contributed by atoms with Gasteiger partial charge in [-0.1, -0.05) is 0 Å². The van der Waals surface area contributed by atoms with E-state index in [1.807, 2.05) is 45.8 Å². The molecular weight excluding hydrogens is 620 g/mol. The molecule has 0 aromatic rings. The molecule has 0 saturated heterocycles. The van der Waals surface area contributed by atoms with Gasteiger partial charge in [0.05, 0.1) is 0 Å². The molecule has 0 fully saturated rings. The van der Waals surface area contributed by atoms with E-state index >= 15 is 0 Å². The van der Waals surface area contributed by atoms with Crippen molar-refractivity contribution in [3.8, 4) is 0 Å². The summed E-state index contributed by atoms with van der Waals surface area (Å²) in [5, 5.41) is 9.18. The Labute approximate surface area is 227 Å². The first-order chi connectivity index (χ1) is 17.2. The standard InChI is InChI=1S/C20H39F9O6Si4/c1-36(2,3)33-38(6,7)35-39(8,34-37(4,5)13-9-11-30)14-10-12-31-15-18(24,25)20(28,29)32-19(26,27)16(21)17(22)23/h30H,9-15H2,1-8H3. The van der Waals surface area contributed by atoms with Crippen LogP contribution < -0.4 is 0 Å². The topological polar surface area (TPSA) is 66.4 Å². The van der Waals surface area contributed by atoms with Crippen LogP contribution in [0.2, 0.25) is 64.5 Å². The van der Waals surface area contributed by atoms with Gasteiger partial charge in [0.15, 0.2) is 16.6 Å². The van der Waals surface area contributed by atoms with Crippen molar-refractivity contribution in [2.24, 2.45) is 0 Å². The zero-order valence-electron chi connectivity index (χ0n) is 23.3. The molecule has 1 N–H and O–H groups in total. The second kappa shape index (κ2) is 14.3. The lowest BCUT2D eigenvalue weighted by Crippen LogP contribution is -2.57. The smallest absolute Gasteiger partial charge is 0.426 e. The van der Waals surface area contributed by atoms with Crippen molar-refractivity contribution in [1.29, 1.82) is 0 Å². The van der Waals surface area contributed by atoms with Gasteiger partial charge in [-0.05, 0) is 77.3 Å². The van der Waals surface area contributed by atoms with Crippen LogP contribution >= 0.6 is 0 Å². The lowest BCUT2D eigenvalue weighted by atomic mass is 10.3. The van der Waals surface area contributed by atoms with E-state index in [9.17, 15) is 44.6 Å². The van der Waals surface area contributed by atoms with Crippen LogP contribution in [0.5, 0.6) is 0 Å². The fourth-order valence-corrected chi connectivity index (χ4v) is 22.5. The van der Waals surface area contributed by atoms with Crippen molar-refractivity contribution < 1.29 is 66.4 Å². The molecule has 0 aliphatic rings. The number of alkyl halides is 6. The molecule has 0 spiro atoms. The van der Waals surface area contributed by atoms with E-state index in [-0.39, 0.29) is 19.1 Å². The quantitative estimate of drug-likeness (QED) is 0.0879. The average molecular weight is 659 g/mol. The highest BCUT2D eigenvalue weighted by Crippen LogP contribution is 2.43. The number of hydrogen-bond acceptors (Lipinski definition) is 6. The molecule has 39 heavy (non-hydrogen) atoms. The first-order valence-electron chi connectivity index (χ1n) is 12.0. The van der Waals surface area contributed by atoms with Crippen molar-refractivity contribution in [2.75, 3.05) is 19.8 Å². The second-order valence-electron chi connectivity index (χ2n) is 11.1. The summed E-state index contributed by atoms with van der Waals surface area (Å²) in [7, 11) is -10.2. The Balaban J connectivity index is 5.39. The van der Waals surface area contributed by atoms with Gasteiger partial charge in [-0.15, -0.1) is 0 Å². The molecule has 0 rings (SSSR count). The lowest BCUT2D eigenvalue weighted by molar-refractivity contribution is -0.427. The Kier molecular flexibility index (Phi) is 14.2. The van der Waals surface area contributed by atoms with Gasteiger partial charge in [-0.3, -0.25) is 0 Å². The minimum Gasteiger partial charge on any atom is -0.437 e. The van der Waals surface area contributed by atoms with Gasteiger partial charge >= 0.3 is 41.3 Å². The molecule has 1 atom stereocenters. The number of hydrogen-bond donors (Lipinski definition) is 1. The molecule has 6 nitrogen and oxygen atoms in total. The molecular formula is C20H39F9O6Si4. The summed E-state index contributed by atoms with van der Waals surface area (Å²) in [6.07, 6.45) is -15.2. The van der Waals surface area contributed by atoms with Crippen LogP contribution in [0.25, 0.3) is 0 Å². The average Bonchev–Trinajstić information content (AvgIpc) is 2.67. The zero-order chi connectivity index (χ0) is 31.1. The van der Waals surface area contributed by atoms with Crippen LogP contribution in [0.4, 0.5) is 39.5 Å². The maximum absolute atomic E-state index is 13.9. The van der Waals surface area contributed by atoms with E-state index in [2.05, 4.69) is 9.47 Å². The fourth-order valence-electron chi connectivity index (χ4n) is 3.71. The molecule has 0 heterocycles. The molecule has 0 aliphatic carbocycles. The number of halogens is 9. The highest BCUT2D eigenvalue weighted by atomic mass is 28.5. The summed E-state index contributed by atoms with van der Waals surface area (Å²) in [5.74, 6) is -9.12. The largest absolute Gasteiger partial charge is 0.437 e. The molecule has 234 valence electrons. The SMILES string of the molecule is C[Si](C)(C)O[Si](C)(C)O[Si](C)(CCCOCC(F)(F)C(F)(F)OC(F)(F)C(F)=C(F)F)O[Si](C)(C)CCCO. The third-order valence-electron chi connectivity index (χ3n) is 4.75. The molecule has 0 amide bonds. The molecule has 0 bridgehead atoms. The summed E-state index contributed by atoms with van der Waals surface area (Å²) in [5.41, 5.74) is 0. The van der Waals surface area contributed by atoms with Crippen LogP contribution in [0.1, 0.15) is 12.8 Å². The summed E-state index contributed by atoms with van der Waals surface area (Å²) in [6, 6.07) is 0.785. The Bertz CT molecular complexity index is 809. The van der Waals surface area contributed by atoms with Gasteiger partial charge in [0.25, 0.3) is 5.83 Å². The van der Waals surface area contributed by atoms with E-state index in [0.717, 1.165) is 0 Å². The number of aliphatic hydroxyl groups is 1. The predicted molar refractivity (Wildman–Crippen MR) is 136 cm³/mol. The van der Waals surface area contributed by atoms with Gasteiger partial charge in [0.1, 0.15) is 6.61 Å². The van der Waals surface area contributed by atoms with E-state index in [0.29, 0.717) is 12.5 Å².